The summed E-state index contributed by atoms with van der Waals surface area (Å²) in [6.07, 6.45) is 2.73. The van der Waals surface area contributed by atoms with Gasteiger partial charge in [0, 0.05) is 35.0 Å². The summed E-state index contributed by atoms with van der Waals surface area (Å²) in [6, 6.07) is 13.1. The van der Waals surface area contributed by atoms with Crippen molar-refractivity contribution in [1.82, 2.24) is 19.7 Å². The number of benzene rings is 3. The van der Waals surface area contributed by atoms with Crippen molar-refractivity contribution in [2.45, 2.75) is 13.5 Å². The lowest BCUT2D eigenvalue weighted by Gasteiger charge is -2.12. The average Bonchev–Trinajstić information content (AvgIpc) is 3.29. The molecule has 0 unspecified atom stereocenters. The van der Waals surface area contributed by atoms with Crippen molar-refractivity contribution in [3.8, 4) is 11.3 Å². The molecule has 4 aromatic rings. The van der Waals surface area contributed by atoms with E-state index < -0.39 is 21.7 Å². The second kappa shape index (κ2) is 10.8. The number of aromatic nitrogens is 3. The predicted octanol–water partition coefficient (Wildman–Crippen LogP) is 4.71. The van der Waals surface area contributed by atoms with Gasteiger partial charge in [0.15, 0.2) is 5.78 Å². The van der Waals surface area contributed by atoms with Crippen molar-refractivity contribution >= 4 is 38.8 Å². The summed E-state index contributed by atoms with van der Waals surface area (Å²) in [5.74, 6) is -1.76. The Bertz CT molecular complexity index is 1590. The number of carbonyl (C=O) groups is 1. The Balaban J connectivity index is 1.54. The number of hydrogen-bond donors (Lipinski definition) is 2. The van der Waals surface area contributed by atoms with Gasteiger partial charge in [0.2, 0.25) is 10.0 Å². The van der Waals surface area contributed by atoms with Crippen molar-refractivity contribution in [3.05, 3.63) is 94.1 Å². The number of rotatable bonds is 9. The molecule has 0 spiro atoms. The van der Waals surface area contributed by atoms with Crippen molar-refractivity contribution < 1.29 is 22.0 Å². The molecule has 0 saturated carbocycles. The van der Waals surface area contributed by atoms with Gasteiger partial charge in [0.1, 0.15) is 17.3 Å². The minimum atomic E-state index is -3.31. The first-order valence-electron chi connectivity index (χ1n) is 11.0. The molecule has 0 amide bonds. The summed E-state index contributed by atoms with van der Waals surface area (Å²) in [5, 5.41) is 11.1. The lowest BCUT2D eigenvalue weighted by atomic mass is 9.96. The van der Waals surface area contributed by atoms with Gasteiger partial charge in [-0.25, -0.2) is 21.9 Å². The van der Waals surface area contributed by atoms with Gasteiger partial charge in [-0.1, -0.05) is 28.9 Å². The summed E-state index contributed by atoms with van der Waals surface area (Å²) < 4.78 is 53.4. The second-order valence-corrected chi connectivity index (χ2v) is 10.6. The lowest BCUT2D eigenvalue weighted by Crippen LogP contribution is -2.26. The van der Waals surface area contributed by atoms with E-state index in [4.69, 9.17) is 11.6 Å². The van der Waals surface area contributed by atoms with Crippen LogP contribution in [0.25, 0.3) is 11.3 Å². The number of nitrogens with one attached hydrogen (secondary N) is 2. The van der Waals surface area contributed by atoms with Crippen LogP contribution in [-0.4, -0.2) is 42.0 Å². The molecule has 0 aliphatic carbocycles. The molecule has 4 rings (SSSR count). The fourth-order valence-electron chi connectivity index (χ4n) is 3.58. The van der Waals surface area contributed by atoms with Crippen LogP contribution in [0.2, 0.25) is 5.02 Å². The van der Waals surface area contributed by atoms with Crippen molar-refractivity contribution in [3.63, 3.8) is 0 Å². The number of hydrogen-bond acceptors (Lipinski definition) is 6. The molecule has 8 nitrogen and oxygen atoms in total. The summed E-state index contributed by atoms with van der Waals surface area (Å²) >= 11 is 6.41. The molecule has 2 N–H and O–H groups in total. The van der Waals surface area contributed by atoms with Gasteiger partial charge in [-0.05, 0) is 48.9 Å². The largest absolute Gasteiger partial charge is 0.353 e. The van der Waals surface area contributed by atoms with E-state index in [-0.39, 0.29) is 35.1 Å². The summed E-state index contributed by atoms with van der Waals surface area (Å²) in [4.78, 5) is 13.4. The lowest BCUT2D eigenvalue weighted by molar-refractivity contribution is 0.103. The fraction of sp³-hybridized carbons (Fsp3) is 0.160. The number of aryl methyl sites for hydroxylation is 1. The SMILES string of the molecule is Cc1ccc(-c2cn(CCNS(C)(=O)=O)nn2)cc1C(=O)c1ccc(Nc2ccc(F)cc2F)cc1Cl. The smallest absolute Gasteiger partial charge is 0.208 e. The fourth-order valence-corrected chi connectivity index (χ4v) is 4.31. The molecule has 0 aliphatic rings. The standard InChI is InChI=1S/C25H22ClF2N5O3S/c1-15-3-4-16(24-14-33(32-31-24)10-9-29-37(2,35)36)11-20(15)25(34)19-7-6-18(13-21(19)26)30-23-8-5-17(27)12-22(23)28/h3-8,11-14,29-30H,9-10H2,1-2H3. The Morgan fingerprint density at radius 1 is 1.05 bits per heavy atom. The molecule has 1 aromatic heterocycles. The van der Waals surface area contributed by atoms with Crippen molar-refractivity contribution in [1.29, 1.82) is 0 Å². The quantitative estimate of drug-likeness (QED) is 0.295. The van der Waals surface area contributed by atoms with Gasteiger partial charge in [-0.2, -0.15) is 0 Å². The third-order valence-electron chi connectivity index (χ3n) is 5.45. The molecule has 0 saturated heterocycles. The molecule has 1 heterocycles. The first-order chi connectivity index (χ1) is 17.5. The number of ketones is 1. The molecule has 0 fully saturated rings. The third kappa shape index (κ3) is 6.56. The van der Waals surface area contributed by atoms with E-state index in [1.165, 1.54) is 22.9 Å². The number of nitrogens with zero attached hydrogens (tertiary/aromatic N) is 3. The van der Waals surface area contributed by atoms with Crippen molar-refractivity contribution in [2.24, 2.45) is 0 Å². The van der Waals surface area contributed by atoms with Crippen LogP contribution in [0.1, 0.15) is 21.5 Å². The normalized spacial score (nSPS) is 11.5. The third-order valence-corrected chi connectivity index (χ3v) is 6.49. The molecule has 3 aromatic carbocycles. The van der Waals surface area contributed by atoms with Gasteiger partial charge in [-0.3, -0.25) is 9.48 Å². The summed E-state index contributed by atoms with van der Waals surface area (Å²) in [6.45, 7) is 2.25. The molecule has 0 bridgehead atoms. The van der Waals surface area contributed by atoms with E-state index >= 15 is 0 Å². The van der Waals surface area contributed by atoms with E-state index in [0.29, 0.717) is 22.5 Å². The molecule has 37 heavy (non-hydrogen) atoms. The van der Waals surface area contributed by atoms with E-state index in [0.717, 1.165) is 24.0 Å². The topological polar surface area (TPSA) is 106 Å². The minimum absolute atomic E-state index is 0.0697. The van der Waals surface area contributed by atoms with Gasteiger partial charge in [-0.15, -0.1) is 5.10 Å². The molecule has 0 radical (unpaired) electrons. The van der Waals surface area contributed by atoms with Crippen LogP contribution in [0.5, 0.6) is 0 Å². The maximum Gasteiger partial charge on any atom is 0.208 e. The molecular formula is C25H22ClF2N5O3S. The van der Waals surface area contributed by atoms with Gasteiger partial charge < -0.3 is 5.32 Å². The maximum absolute atomic E-state index is 14.0. The Kier molecular flexibility index (Phi) is 7.67. The van der Waals surface area contributed by atoms with E-state index in [9.17, 15) is 22.0 Å². The number of anilines is 2. The van der Waals surface area contributed by atoms with Crippen molar-refractivity contribution in [2.75, 3.05) is 18.1 Å². The molecule has 0 aliphatic heterocycles. The highest BCUT2D eigenvalue weighted by Crippen LogP contribution is 2.29. The van der Waals surface area contributed by atoms with E-state index in [1.807, 2.05) is 0 Å². The highest BCUT2D eigenvalue weighted by Gasteiger charge is 2.18. The minimum Gasteiger partial charge on any atom is -0.353 e. The van der Waals surface area contributed by atoms with Crippen LogP contribution in [0.15, 0.2) is 60.8 Å². The monoisotopic (exact) mass is 545 g/mol. The summed E-state index contributed by atoms with van der Waals surface area (Å²) in [5.41, 5.74) is 3.06. The molecule has 12 heteroatoms. The van der Waals surface area contributed by atoms with Gasteiger partial charge in [0.05, 0.1) is 29.7 Å². The first-order valence-corrected chi connectivity index (χ1v) is 13.3. The zero-order chi connectivity index (χ0) is 26.7. The Labute approximate surface area is 217 Å². The predicted molar refractivity (Wildman–Crippen MR) is 138 cm³/mol. The second-order valence-electron chi connectivity index (χ2n) is 8.34. The Morgan fingerprint density at radius 2 is 1.84 bits per heavy atom. The molecule has 0 atom stereocenters. The van der Waals surface area contributed by atoms with Gasteiger partial charge in [0.25, 0.3) is 0 Å². The van der Waals surface area contributed by atoms with Crippen LogP contribution in [0.3, 0.4) is 0 Å². The Hall–Kier alpha value is -3.67. The van der Waals surface area contributed by atoms with Crippen LogP contribution in [-0.2, 0) is 16.6 Å². The van der Waals surface area contributed by atoms with Crippen LogP contribution < -0.4 is 10.0 Å². The van der Waals surface area contributed by atoms with Gasteiger partial charge >= 0.3 is 0 Å². The summed E-state index contributed by atoms with van der Waals surface area (Å²) in [7, 11) is -3.31. The number of sulfonamides is 1. The molecule has 192 valence electrons. The average molecular weight is 546 g/mol. The number of halogens is 3. The zero-order valence-corrected chi connectivity index (χ0v) is 21.4. The van der Waals surface area contributed by atoms with Crippen LogP contribution >= 0.6 is 11.6 Å². The van der Waals surface area contributed by atoms with E-state index in [2.05, 4.69) is 20.4 Å². The van der Waals surface area contributed by atoms with E-state index in [1.54, 1.807) is 37.4 Å². The molecular weight excluding hydrogens is 524 g/mol. The Morgan fingerprint density at radius 3 is 2.54 bits per heavy atom. The van der Waals surface area contributed by atoms with Crippen LogP contribution in [0, 0.1) is 18.6 Å². The highest BCUT2D eigenvalue weighted by atomic mass is 35.5. The first kappa shape index (κ1) is 26.4. The maximum atomic E-state index is 14.0. The number of carbonyl (C=O) groups excluding carboxylic acids is 1. The zero-order valence-electron chi connectivity index (χ0n) is 19.8. The van der Waals surface area contributed by atoms with Crippen LogP contribution in [0.4, 0.5) is 20.2 Å². The highest BCUT2D eigenvalue weighted by molar-refractivity contribution is 7.88.